The Labute approximate surface area is 121 Å². The van der Waals surface area contributed by atoms with Gasteiger partial charge in [0.1, 0.15) is 12.1 Å². The lowest BCUT2D eigenvalue weighted by Gasteiger charge is -2.17. The van der Waals surface area contributed by atoms with Crippen molar-refractivity contribution in [1.29, 1.82) is 0 Å². The second-order valence-corrected chi connectivity index (χ2v) is 4.90. The molecule has 1 heterocycles. The smallest absolute Gasteiger partial charge is 0.326 e. The summed E-state index contributed by atoms with van der Waals surface area (Å²) in [6.07, 6.45) is 0.448. The van der Waals surface area contributed by atoms with E-state index in [2.05, 4.69) is 10.6 Å². The summed E-state index contributed by atoms with van der Waals surface area (Å²) in [5, 5.41) is 22.1. The van der Waals surface area contributed by atoms with Crippen LogP contribution in [0.3, 0.4) is 0 Å². The molecule has 0 aromatic rings. The molecule has 0 bridgehead atoms. The molecule has 1 saturated heterocycles. The Morgan fingerprint density at radius 1 is 1.38 bits per heavy atom. The Morgan fingerprint density at radius 2 is 2.05 bits per heavy atom. The minimum atomic E-state index is -1.24. The zero-order chi connectivity index (χ0) is 16.0. The van der Waals surface area contributed by atoms with Gasteiger partial charge in [-0.05, 0) is 19.3 Å². The molecule has 9 heteroatoms. The molecule has 9 nitrogen and oxygen atoms in total. The van der Waals surface area contributed by atoms with Crippen LogP contribution >= 0.6 is 0 Å². The molecule has 2 atom stereocenters. The third kappa shape index (κ3) is 5.28. The molecule has 3 amide bonds. The first-order chi connectivity index (χ1) is 9.81. The number of nitrogens with zero attached hydrogens (tertiary/aromatic N) is 1. The maximum absolute atomic E-state index is 11.7. The van der Waals surface area contributed by atoms with E-state index in [4.69, 9.17) is 10.2 Å². The van der Waals surface area contributed by atoms with E-state index in [0.29, 0.717) is 13.0 Å². The van der Waals surface area contributed by atoms with E-state index in [0.717, 1.165) is 0 Å². The van der Waals surface area contributed by atoms with Gasteiger partial charge in [-0.2, -0.15) is 0 Å². The quantitative estimate of drug-likeness (QED) is 0.487. The Balaban J connectivity index is 2.43. The van der Waals surface area contributed by atoms with Gasteiger partial charge in [-0.3, -0.25) is 9.59 Å². The number of nitrogens with one attached hydrogen (secondary N) is 2. The Morgan fingerprint density at radius 3 is 2.52 bits per heavy atom. The summed E-state index contributed by atoms with van der Waals surface area (Å²) < 4.78 is 0. The Hall–Kier alpha value is -2.32. The van der Waals surface area contributed by atoms with Gasteiger partial charge >= 0.3 is 18.0 Å². The van der Waals surface area contributed by atoms with Gasteiger partial charge in [0.05, 0.1) is 0 Å². The van der Waals surface area contributed by atoms with E-state index in [1.807, 2.05) is 0 Å². The fourth-order valence-electron chi connectivity index (χ4n) is 2.03. The van der Waals surface area contributed by atoms with E-state index in [1.54, 1.807) is 7.05 Å². The van der Waals surface area contributed by atoms with Crippen LogP contribution in [0.15, 0.2) is 0 Å². The van der Waals surface area contributed by atoms with E-state index in [1.165, 1.54) is 4.90 Å². The van der Waals surface area contributed by atoms with Gasteiger partial charge in [-0.25, -0.2) is 9.59 Å². The first kappa shape index (κ1) is 16.7. The number of likely N-dealkylation sites (tertiary alicyclic amines) is 1. The number of urea groups is 1. The van der Waals surface area contributed by atoms with Gasteiger partial charge in [-0.1, -0.05) is 0 Å². The van der Waals surface area contributed by atoms with Crippen LogP contribution in [0.4, 0.5) is 4.79 Å². The van der Waals surface area contributed by atoms with Crippen molar-refractivity contribution >= 4 is 23.9 Å². The van der Waals surface area contributed by atoms with E-state index >= 15 is 0 Å². The monoisotopic (exact) mass is 301 g/mol. The molecular weight excluding hydrogens is 282 g/mol. The summed E-state index contributed by atoms with van der Waals surface area (Å²) in [5.74, 6) is -2.49. The highest BCUT2D eigenvalue weighted by Crippen LogP contribution is 2.08. The zero-order valence-electron chi connectivity index (χ0n) is 11.7. The van der Waals surface area contributed by atoms with Gasteiger partial charge in [0.25, 0.3) is 0 Å². The van der Waals surface area contributed by atoms with Crippen LogP contribution in [-0.4, -0.2) is 64.7 Å². The topological polar surface area (TPSA) is 136 Å². The predicted molar refractivity (Wildman–Crippen MR) is 70.6 cm³/mol. The summed E-state index contributed by atoms with van der Waals surface area (Å²) in [6, 6.07) is -2.58. The van der Waals surface area contributed by atoms with Gasteiger partial charge in [0, 0.05) is 20.0 Å². The van der Waals surface area contributed by atoms with Crippen LogP contribution in [0, 0.1) is 0 Å². The number of hydrogen-bond acceptors (Lipinski definition) is 4. The Bertz CT molecular complexity index is 439. The maximum Gasteiger partial charge on any atom is 0.326 e. The average Bonchev–Trinajstić information content (AvgIpc) is 2.69. The SMILES string of the molecule is CN1CCC(NC(=O)N[C@H](CCCC(=O)O)C(=O)O)C1=O. The van der Waals surface area contributed by atoms with Gasteiger partial charge in [0.15, 0.2) is 0 Å². The third-order valence-electron chi connectivity index (χ3n) is 3.22. The third-order valence-corrected chi connectivity index (χ3v) is 3.22. The summed E-state index contributed by atoms with van der Waals surface area (Å²) in [4.78, 5) is 46.2. The predicted octanol–water partition coefficient (Wildman–Crippen LogP) is -0.776. The molecule has 0 radical (unpaired) electrons. The van der Waals surface area contributed by atoms with E-state index < -0.39 is 30.1 Å². The summed E-state index contributed by atoms with van der Waals surface area (Å²) in [7, 11) is 1.62. The van der Waals surface area contributed by atoms with Crippen molar-refractivity contribution in [2.75, 3.05) is 13.6 Å². The minimum absolute atomic E-state index is 0.00751. The highest BCUT2D eigenvalue weighted by atomic mass is 16.4. The molecular formula is C12H19N3O6. The molecule has 1 fully saturated rings. The number of carboxylic acid groups (broad SMARTS) is 2. The highest BCUT2D eigenvalue weighted by molar-refractivity contribution is 5.89. The van der Waals surface area contributed by atoms with Crippen molar-refractivity contribution in [2.24, 2.45) is 0 Å². The van der Waals surface area contributed by atoms with Crippen molar-refractivity contribution in [1.82, 2.24) is 15.5 Å². The lowest BCUT2D eigenvalue weighted by Crippen LogP contribution is -2.50. The van der Waals surface area contributed by atoms with Crippen LogP contribution < -0.4 is 10.6 Å². The number of carbonyl (C=O) groups is 4. The van der Waals surface area contributed by atoms with Crippen molar-refractivity contribution in [2.45, 2.75) is 37.8 Å². The highest BCUT2D eigenvalue weighted by Gasteiger charge is 2.31. The van der Waals surface area contributed by atoms with Crippen LogP contribution in [0.1, 0.15) is 25.7 Å². The molecule has 0 aromatic heterocycles. The first-order valence-corrected chi connectivity index (χ1v) is 6.58. The van der Waals surface area contributed by atoms with Crippen LogP contribution in [-0.2, 0) is 14.4 Å². The van der Waals surface area contributed by atoms with Crippen molar-refractivity contribution in [3.8, 4) is 0 Å². The second kappa shape index (κ2) is 7.46. The summed E-state index contributed by atoms with van der Waals surface area (Å²) in [6.45, 7) is 0.532. The minimum Gasteiger partial charge on any atom is -0.481 e. The van der Waals surface area contributed by atoms with Crippen molar-refractivity contribution in [3.05, 3.63) is 0 Å². The number of likely N-dealkylation sites (N-methyl/N-ethyl adjacent to an activating group) is 1. The largest absolute Gasteiger partial charge is 0.481 e. The van der Waals surface area contributed by atoms with Gasteiger partial charge in [-0.15, -0.1) is 0 Å². The van der Waals surface area contributed by atoms with E-state index in [9.17, 15) is 19.2 Å². The zero-order valence-corrected chi connectivity index (χ0v) is 11.7. The number of carboxylic acids is 2. The molecule has 118 valence electrons. The molecule has 1 aliphatic rings. The second-order valence-electron chi connectivity index (χ2n) is 4.90. The lowest BCUT2D eigenvalue weighted by molar-refractivity contribution is -0.140. The van der Waals surface area contributed by atoms with E-state index in [-0.39, 0.29) is 25.2 Å². The Kier molecular flexibility index (Phi) is 5.94. The van der Waals surface area contributed by atoms with Gasteiger partial charge in [0.2, 0.25) is 5.91 Å². The number of aliphatic carboxylic acids is 2. The fourth-order valence-corrected chi connectivity index (χ4v) is 2.03. The average molecular weight is 301 g/mol. The molecule has 0 saturated carbocycles. The van der Waals surface area contributed by atoms with Crippen LogP contribution in [0.2, 0.25) is 0 Å². The molecule has 0 aliphatic carbocycles. The molecule has 0 aromatic carbocycles. The normalized spacial score (nSPS) is 19.2. The molecule has 1 unspecified atom stereocenters. The maximum atomic E-state index is 11.7. The summed E-state index contributed by atoms with van der Waals surface area (Å²) >= 11 is 0. The van der Waals surface area contributed by atoms with Crippen LogP contribution in [0.25, 0.3) is 0 Å². The molecule has 1 aliphatic heterocycles. The number of carbonyl (C=O) groups excluding carboxylic acids is 2. The molecule has 0 spiro atoms. The lowest BCUT2D eigenvalue weighted by atomic mass is 10.1. The first-order valence-electron chi connectivity index (χ1n) is 6.58. The number of amides is 3. The van der Waals surface area contributed by atoms with Crippen LogP contribution in [0.5, 0.6) is 0 Å². The van der Waals surface area contributed by atoms with Crippen molar-refractivity contribution in [3.63, 3.8) is 0 Å². The fraction of sp³-hybridized carbons (Fsp3) is 0.667. The number of rotatable bonds is 7. The number of hydrogen-bond donors (Lipinski definition) is 4. The molecule has 21 heavy (non-hydrogen) atoms. The van der Waals surface area contributed by atoms with Gasteiger partial charge < -0.3 is 25.7 Å². The molecule has 4 N–H and O–H groups in total. The molecule has 1 rings (SSSR count). The van der Waals surface area contributed by atoms with Crippen molar-refractivity contribution < 1.29 is 29.4 Å². The standard InChI is InChI=1S/C12H19N3O6/c1-15-6-5-7(10(15)18)13-12(21)14-8(11(19)20)3-2-4-9(16)17/h7-8H,2-6H2,1H3,(H,16,17)(H,19,20)(H2,13,14,21)/t7?,8-/m1/s1. The summed E-state index contributed by atoms with van der Waals surface area (Å²) in [5.41, 5.74) is 0.